The number of carbonyl (C=O) groups excluding carboxylic acids is 1. The van der Waals surface area contributed by atoms with E-state index in [-0.39, 0.29) is 6.61 Å². The number of benzene rings is 2. The number of nitrogens with zero attached hydrogens (tertiary/aromatic N) is 1. The van der Waals surface area contributed by atoms with E-state index in [0.717, 1.165) is 11.3 Å². The van der Waals surface area contributed by atoms with Crippen LogP contribution in [0.4, 0.5) is 10.5 Å². The minimum absolute atomic E-state index is 0.110. The molecule has 2 N–H and O–H groups in total. The van der Waals surface area contributed by atoms with Crippen LogP contribution in [-0.2, 0) is 16.1 Å². The third kappa shape index (κ3) is 4.14. The van der Waals surface area contributed by atoms with Crippen molar-refractivity contribution < 1.29 is 19.4 Å². The molecule has 6 heteroatoms. The average molecular weight is 354 g/mol. The number of alkyl carbamates (subject to hydrolysis) is 1. The summed E-state index contributed by atoms with van der Waals surface area (Å²) in [7, 11) is 0. The molecular weight excluding hydrogens is 332 g/mol. The predicted molar refractivity (Wildman–Crippen MR) is 98.0 cm³/mol. The lowest BCUT2D eigenvalue weighted by molar-refractivity contribution is -0.145. The largest absolute Gasteiger partial charge is 0.480 e. The number of anilines is 1. The van der Waals surface area contributed by atoms with Crippen molar-refractivity contribution in [3.63, 3.8) is 0 Å². The van der Waals surface area contributed by atoms with E-state index in [4.69, 9.17) is 4.74 Å². The van der Waals surface area contributed by atoms with Gasteiger partial charge < -0.3 is 20.1 Å². The minimum Gasteiger partial charge on any atom is -0.480 e. The number of rotatable bonds is 5. The van der Waals surface area contributed by atoms with Crippen LogP contribution in [0.5, 0.6) is 0 Å². The first-order chi connectivity index (χ1) is 12.6. The molecular formula is C20H22N2O4. The molecule has 0 bridgehead atoms. The van der Waals surface area contributed by atoms with Crippen molar-refractivity contribution in [1.82, 2.24) is 5.32 Å². The van der Waals surface area contributed by atoms with Gasteiger partial charge in [-0.25, -0.2) is 9.59 Å². The maximum atomic E-state index is 12.1. The lowest BCUT2D eigenvalue weighted by Crippen LogP contribution is -2.60. The van der Waals surface area contributed by atoms with E-state index in [1.165, 1.54) is 0 Å². The molecule has 0 aliphatic carbocycles. The van der Waals surface area contributed by atoms with Crippen molar-refractivity contribution >= 4 is 17.7 Å². The summed E-state index contributed by atoms with van der Waals surface area (Å²) in [5.74, 6) is -1.03. The molecule has 1 fully saturated rings. The summed E-state index contributed by atoms with van der Waals surface area (Å²) in [4.78, 5) is 26.1. The Balaban J connectivity index is 1.59. The molecule has 0 unspecified atom stereocenters. The molecule has 2 aromatic rings. The Morgan fingerprint density at radius 1 is 1.00 bits per heavy atom. The molecule has 26 heavy (non-hydrogen) atoms. The highest BCUT2D eigenvalue weighted by Gasteiger charge is 2.43. The van der Waals surface area contributed by atoms with E-state index in [1.807, 2.05) is 60.7 Å². The van der Waals surface area contributed by atoms with Gasteiger partial charge in [-0.05, 0) is 30.5 Å². The summed E-state index contributed by atoms with van der Waals surface area (Å²) in [5.41, 5.74) is 0.614. The lowest BCUT2D eigenvalue weighted by atomic mass is 9.87. The van der Waals surface area contributed by atoms with Gasteiger partial charge in [0.15, 0.2) is 0 Å². The van der Waals surface area contributed by atoms with E-state index < -0.39 is 17.6 Å². The fraction of sp³-hybridized carbons (Fsp3) is 0.300. The van der Waals surface area contributed by atoms with Crippen LogP contribution in [0.3, 0.4) is 0 Å². The Kier molecular flexibility index (Phi) is 5.41. The van der Waals surface area contributed by atoms with Gasteiger partial charge in [-0.2, -0.15) is 0 Å². The molecule has 0 atom stereocenters. The van der Waals surface area contributed by atoms with Crippen LogP contribution in [-0.4, -0.2) is 35.8 Å². The molecule has 0 radical (unpaired) electrons. The van der Waals surface area contributed by atoms with Gasteiger partial charge in [0.05, 0.1) is 0 Å². The van der Waals surface area contributed by atoms with E-state index >= 15 is 0 Å². The fourth-order valence-corrected chi connectivity index (χ4v) is 3.13. The predicted octanol–water partition coefficient (Wildman–Crippen LogP) is 3.04. The molecule has 136 valence electrons. The van der Waals surface area contributed by atoms with Crippen LogP contribution < -0.4 is 10.2 Å². The highest BCUT2D eigenvalue weighted by atomic mass is 16.5. The third-order valence-corrected chi connectivity index (χ3v) is 4.70. The molecule has 1 amide bonds. The molecule has 3 rings (SSSR count). The topological polar surface area (TPSA) is 78.9 Å². The summed E-state index contributed by atoms with van der Waals surface area (Å²) < 4.78 is 5.19. The molecule has 1 saturated heterocycles. The number of amides is 1. The molecule has 6 nitrogen and oxygen atoms in total. The molecule has 1 aliphatic heterocycles. The van der Waals surface area contributed by atoms with Gasteiger partial charge >= 0.3 is 12.1 Å². The average Bonchev–Trinajstić information content (AvgIpc) is 2.68. The molecule has 1 heterocycles. The Morgan fingerprint density at radius 3 is 2.15 bits per heavy atom. The van der Waals surface area contributed by atoms with Gasteiger partial charge in [-0.15, -0.1) is 0 Å². The van der Waals surface area contributed by atoms with Crippen LogP contribution in [0.2, 0.25) is 0 Å². The second kappa shape index (κ2) is 7.91. The SMILES string of the molecule is O=C(NC1(C(=O)O)CCN(c2ccccc2)CC1)OCc1ccccc1. The zero-order chi connectivity index (χ0) is 18.4. The van der Waals surface area contributed by atoms with Crippen molar-refractivity contribution in [2.24, 2.45) is 0 Å². The van der Waals surface area contributed by atoms with Crippen molar-refractivity contribution in [3.05, 3.63) is 66.2 Å². The zero-order valence-electron chi connectivity index (χ0n) is 14.4. The van der Waals surface area contributed by atoms with Crippen LogP contribution in [0.1, 0.15) is 18.4 Å². The summed E-state index contributed by atoms with van der Waals surface area (Å²) in [6.45, 7) is 1.21. The summed E-state index contributed by atoms with van der Waals surface area (Å²) in [6.07, 6.45) is -0.0700. The Bertz CT molecular complexity index is 741. The number of nitrogens with one attached hydrogen (secondary N) is 1. The van der Waals surface area contributed by atoms with Crippen LogP contribution in [0.15, 0.2) is 60.7 Å². The minimum atomic E-state index is -1.29. The Hall–Kier alpha value is -3.02. The van der Waals surface area contributed by atoms with Gasteiger partial charge in [-0.3, -0.25) is 0 Å². The molecule has 0 saturated carbocycles. The first kappa shape index (κ1) is 17.8. The zero-order valence-corrected chi connectivity index (χ0v) is 14.4. The molecule has 0 aromatic heterocycles. The third-order valence-electron chi connectivity index (χ3n) is 4.70. The number of piperidine rings is 1. The van der Waals surface area contributed by atoms with Crippen molar-refractivity contribution in [1.29, 1.82) is 0 Å². The smallest absolute Gasteiger partial charge is 0.408 e. The fourth-order valence-electron chi connectivity index (χ4n) is 3.13. The number of para-hydroxylation sites is 1. The number of carboxylic acid groups (broad SMARTS) is 1. The maximum absolute atomic E-state index is 12.1. The lowest BCUT2D eigenvalue weighted by Gasteiger charge is -2.40. The first-order valence-electron chi connectivity index (χ1n) is 8.61. The van der Waals surface area contributed by atoms with E-state index in [2.05, 4.69) is 10.2 Å². The second-order valence-corrected chi connectivity index (χ2v) is 6.40. The van der Waals surface area contributed by atoms with Gasteiger partial charge in [0.25, 0.3) is 0 Å². The monoisotopic (exact) mass is 354 g/mol. The van der Waals surface area contributed by atoms with Crippen LogP contribution in [0.25, 0.3) is 0 Å². The van der Waals surface area contributed by atoms with Crippen molar-refractivity contribution in [2.45, 2.75) is 25.0 Å². The van der Waals surface area contributed by atoms with Gasteiger partial charge in [0.2, 0.25) is 0 Å². The van der Waals surface area contributed by atoms with Gasteiger partial charge in [0, 0.05) is 18.8 Å². The van der Waals surface area contributed by atoms with E-state index in [9.17, 15) is 14.7 Å². The molecule has 2 aromatic carbocycles. The number of hydrogen-bond donors (Lipinski definition) is 2. The maximum Gasteiger partial charge on any atom is 0.408 e. The van der Waals surface area contributed by atoms with Gasteiger partial charge in [0.1, 0.15) is 12.1 Å². The van der Waals surface area contributed by atoms with Crippen molar-refractivity contribution in [2.75, 3.05) is 18.0 Å². The van der Waals surface area contributed by atoms with Crippen molar-refractivity contribution in [3.8, 4) is 0 Å². The second-order valence-electron chi connectivity index (χ2n) is 6.40. The Morgan fingerprint density at radius 2 is 1.58 bits per heavy atom. The summed E-state index contributed by atoms with van der Waals surface area (Å²) in [6, 6.07) is 19.1. The quantitative estimate of drug-likeness (QED) is 0.863. The molecule has 1 aliphatic rings. The number of ether oxygens (including phenoxy) is 1. The number of aliphatic carboxylic acids is 1. The standard InChI is InChI=1S/C20H22N2O4/c23-18(24)20(21-19(25)26-15-16-7-3-1-4-8-16)11-13-22(14-12-20)17-9-5-2-6-10-17/h1-10H,11-15H2,(H,21,25)(H,23,24). The highest BCUT2D eigenvalue weighted by molar-refractivity contribution is 5.84. The summed E-state index contributed by atoms with van der Waals surface area (Å²) >= 11 is 0. The molecule has 0 spiro atoms. The van der Waals surface area contributed by atoms with Gasteiger partial charge in [-0.1, -0.05) is 48.5 Å². The summed E-state index contributed by atoms with van der Waals surface area (Å²) in [5, 5.41) is 12.3. The highest BCUT2D eigenvalue weighted by Crippen LogP contribution is 2.27. The Labute approximate surface area is 152 Å². The normalized spacial score (nSPS) is 15.9. The van der Waals surface area contributed by atoms with E-state index in [0.29, 0.717) is 25.9 Å². The van der Waals surface area contributed by atoms with Crippen LogP contribution >= 0.6 is 0 Å². The van der Waals surface area contributed by atoms with Crippen LogP contribution in [0, 0.1) is 0 Å². The van der Waals surface area contributed by atoms with E-state index in [1.54, 1.807) is 0 Å². The number of carboxylic acids is 1. The number of hydrogen-bond acceptors (Lipinski definition) is 4. The number of carbonyl (C=O) groups is 2. The first-order valence-corrected chi connectivity index (χ1v) is 8.61.